The summed E-state index contributed by atoms with van der Waals surface area (Å²) < 4.78 is 14.0. The number of alkyl halides is 1. The largest absolute Gasteiger partial charge is 0.363 e. The van der Waals surface area contributed by atoms with Crippen molar-refractivity contribution >= 4 is 45.1 Å². The van der Waals surface area contributed by atoms with E-state index in [9.17, 15) is 14.0 Å². The highest BCUT2D eigenvalue weighted by Gasteiger charge is 2.17. The number of carbonyl (C=O) groups excluding carboxylic acids is 2. The van der Waals surface area contributed by atoms with Crippen molar-refractivity contribution < 1.29 is 14.0 Å². The molecule has 0 fully saturated rings. The Balaban J connectivity index is 1.82. The maximum atomic E-state index is 13.2. The zero-order valence-electron chi connectivity index (χ0n) is 17.4. The van der Waals surface area contributed by atoms with Gasteiger partial charge in [0.2, 0.25) is 0 Å². The number of anilines is 2. The quantitative estimate of drug-likeness (QED) is 0.339. The number of nitrogens with one attached hydrogen (secondary N) is 3. The molecule has 0 bridgehead atoms. The number of benzene rings is 2. The molecule has 1 heterocycles. The Morgan fingerprint density at radius 3 is 2.28 bits per heavy atom. The highest BCUT2D eigenvalue weighted by Crippen LogP contribution is 2.21. The maximum Gasteiger partial charge on any atom is 0.258 e. The van der Waals surface area contributed by atoms with E-state index in [0.29, 0.717) is 28.3 Å². The highest BCUT2D eigenvalue weighted by atomic mass is 79.9. The van der Waals surface area contributed by atoms with E-state index < -0.39 is 18.5 Å². The van der Waals surface area contributed by atoms with Crippen molar-refractivity contribution in [3.8, 4) is 0 Å². The molecule has 164 valence electrons. The van der Waals surface area contributed by atoms with Gasteiger partial charge in [-0.3, -0.25) is 15.0 Å². The van der Waals surface area contributed by atoms with Crippen LogP contribution < -0.4 is 10.6 Å². The molecule has 0 aliphatic carbocycles. The zero-order valence-corrected chi connectivity index (χ0v) is 19.0. The summed E-state index contributed by atoms with van der Waals surface area (Å²) >= 11 is 3.28. The average Bonchev–Trinajstić information content (AvgIpc) is 2.80. The molecule has 0 aliphatic rings. The Hall–Kier alpha value is -3.59. The van der Waals surface area contributed by atoms with Crippen LogP contribution >= 0.6 is 15.9 Å². The second-order valence-electron chi connectivity index (χ2n) is 7.10. The SMILES string of the molecule is CN(C)C(=N)c1ccc(C(=O)Nc2ccc(CF)cc2C(=O)Nc2ccc(Br)cn2)cc1. The van der Waals surface area contributed by atoms with E-state index >= 15 is 0 Å². The fourth-order valence-corrected chi connectivity index (χ4v) is 3.07. The predicted octanol–water partition coefficient (Wildman–Crippen LogP) is 4.71. The lowest BCUT2D eigenvalue weighted by atomic mass is 10.1. The second kappa shape index (κ2) is 10.1. The van der Waals surface area contributed by atoms with Crippen LogP contribution in [-0.4, -0.2) is 41.6 Å². The van der Waals surface area contributed by atoms with E-state index in [1.807, 2.05) is 0 Å². The molecule has 3 aromatic rings. The molecule has 0 radical (unpaired) electrons. The summed E-state index contributed by atoms with van der Waals surface area (Å²) in [4.78, 5) is 31.3. The fourth-order valence-electron chi connectivity index (χ4n) is 2.84. The lowest BCUT2D eigenvalue weighted by molar-refractivity contribution is 0.102. The van der Waals surface area contributed by atoms with E-state index in [1.165, 1.54) is 24.4 Å². The van der Waals surface area contributed by atoms with Gasteiger partial charge in [0.25, 0.3) is 11.8 Å². The smallest absolute Gasteiger partial charge is 0.258 e. The van der Waals surface area contributed by atoms with Gasteiger partial charge in [-0.05, 0) is 57.9 Å². The molecule has 0 spiro atoms. The number of aromatic nitrogens is 1. The molecule has 3 rings (SSSR count). The van der Waals surface area contributed by atoms with E-state index in [0.717, 1.165) is 4.47 Å². The summed E-state index contributed by atoms with van der Waals surface area (Å²) in [5.74, 6) is -0.323. The summed E-state index contributed by atoms with van der Waals surface area (Å²) in [6.07, 6.45) is 1.54. The van der Waals surface area contributed by atoms with Gasteiger partial charge < -0.3 is 15.5 Å². The van der Waals surface area contributed by atoms with Crippen molar-refractivity contribution in [2.75, 3.05) is 24.7 Å². The molecule has 0 aliphatic heterocycles. The van der Waals surface area contributed by atoms with Gasteiger partial charge in [-0.2, -0.15) is 0 Å². The molecule has 0 unspecified atom stereocenters. The van der Waals surface area contributed by atoms with Gasteiger partial charge in [0.1, 0.15) is 18.3 Å². The van der Waals surface area contributed by atoms with E-state index in [1.54, 1.807) is 55.4 Å². The molecule has 3 N–H and O–H groups in total. The molecule has 7 nitrogen and oxygen atoms in total. The van der Waals surface area contributed by atoms with E-state index in [4.69, 9.17) is 5.41 Å². The van der Waals surface area contributed by atoms with Crippen LogP contribution in [0.1, 0.15) is 31.8 Å². The van der Waals surface area contributed by atoms with Crippen LogP contribution in [0.4, 0.5) is 15.9 Å². The Labute approximate surface area is 193 Å². The third kappa shape index (κ3) is 5.55. The van der Waals surface area contributed by atoms with Crippen molar-refractivity contribution in [1.82, 2.24) is 9.88 Å². The first kappa shape index (κ1) is 23.1. The minimum Gasteiger partial charge on any atom is -0.363 e. The highest BCUT2D eigenvalue weighted by molar-refractivity contribution is 9.10. The predicted molar refractivity (Wildman–Crippen MR) is 126 cm³/mol. The molecule has 9 heteroatoms. The Morgan fingerprint density at radius 2 is 1.69 bits per heavy atom. The number of pyridine rings is 1. The first-order chi connectivity index (χ1) is 15.3. The number of amides is 2. The third-order valence-electron chi connectivity index (χ3n) is 4.57. The number of carbonyl (C=O) groups is 2. The van der Waals surface area contributed by atoms with Gasteiger partial charge in [0.05, 0.1) is 11.3 Å². The zero-order chi connectivity index (χ0) is 23.3. The Kier molecular flexibility index (Phi) is 7.32. The number of halogens is 2. The minimum absolute atomic E-state index is 0.115. The van der Waals surface area contributed by atoms with Crippen LogP contribution in [0.25, 0.3) is 0 Å². The lowest BCUT2D eigenvalue weighted by Gasteiger charge is -2.14. The second-order valence-corrected chi connectivity index (χ2v) is 8.02. The van der Waals surface area contributed by atoms with Crippen molar-refractivity contribution in [3.63, 3.8) is 0 Å². The molecule has 0 atom stereocenters. The first-order valence-electron chi connectivity index (χ1n) is 9.58. The number of amidine groups is 1. The molecule has 1 aromatic heterocycles. The summed E-state index contributed by atoms with van der Waals surface area (Å²) in [6, 6.07) is 14.3. The van der Waals surface area contributed by atoms with Crippen molar-refractivity contribution in [2.45, 2.75) is 6.67 Å². The normalized spacial score (nSPS) is 10.4. The van der Waals surface area contributed by atoms with Crippen LogP contribution in [0, 0.1) is 5.41 Å². The summed E-state index contributed by atoms with van der Waals surface area (Å²) in [7, 11) is 3.53. The number of rotatable bonds is 6. The van der Waals surface area contributed by atoms with Gasteiger partial charge >= 0.3 is 0 Å². The topological polar surface area (TPSA) is 98.2 Å². The van der Waals surface area contributed by atoms with Crippen LogP contribution in [0.5, 0.6) is 0 Å². The molecule has 32 heavy (non-hydrogen) atoms. The van der Waals surface area contributed by atoms with Gasteiger partial charge in [0.15, 0.2) is 0 Å². The Bertz CT molecular complexity index is 1150. The number of nitrogens with zero attached hydrogens (tertiary/aromatic N) is 2. The van der Waals surface area contributed by atoms with Gasteiger partial charge in [-0.15, -0.1) is 0 Å². The van der Waals surface area contributed by atoms with Gasteiger partial charge in [0, 0.05) is 35.9 Å². The van der Waals surface area contributed by atoms with E-state index in [-0.39, 0.29) is 11.3 Å². The van der Waals surface area contributed by atoms with Crippen LogP contribution in [0.2, 0.25) is 0 Å². The Morgan fingerprint density at radius 1 is 1.00 bits per heavy atom. The van der Waals surface area contributed by atoms with E-state index in [2.05, 4.69) is 31.5 Å². The molecule has 0 saturated heterocycles. The van der Waals surface area contributed by atoms with Crippen LogP contribution in [0.15, 0.2) is 65.3 Å². The number of hydrogen-bond acceptors (Lipinski definition) is 4. The minimum atomic E-state index is -0.746. The van der Waals surface area contributed by atoms with Crippen molar-refractivity contribution in [3.05, 3.63) is 87.5 Å². The van der Waals surface area contributed by atoms with Gasteiger partial charge in [-0.1, -0.05) is 18.2 Å². The molecule has 2 aromatic carbocycles. The maximum absolute atomic E-state index is 13.2. The monoisotopic (exact) mass is 497 g/mol. The average molecular weight is 498 g/mol. The first-order valence-corrected chi connectivity index (χ1v) is 10.4. The van der Waals surface area contributed by atoms with Crippen LogP contribution in [-0.2, 0) is 6.67 Å². The molecule has 0 saturated carbocycles. The third-order valence-corrected chi connectivity index (χ3v) is 5.04. The molecule has 2 amide bonds. The fraction of sp³-hybridized carbons (Fsp3) is 0.130. The summed E-state index contributed by atoms with van der Waals surface area (Å²) in [6.45, 7) is -0.746. The summed E-state index contributed by atoms with van der Waals surface area (Å²) in [5, 5.41) is 13.4. The van der Waals surface area contributed by atoms with Gasteiger partial charge in [-0.25, -0.2) is 9.37 Å². The molecular weight excluding hydrogens is 477 g/mol. The summed E-state index contributed by atoms with van der Waals surface area (Å²) in [5.41, 5.74) is 1.69. The van der Waals surface area contributed by atoms with Crippen LogP contribution in [0.3, 0.4) is 0 Å². The molecular formula is C23H21BrFN5O2. The number of hydrogen-bond donors (Lipinski definition) is 3. The van der Waals surface area contributed by atoms with Crippen molar-refractivity contribution in [1.29, 1.82) is 5.41 Å². The standard InChI is InChI=1S/C23H21BrFN5O2/c1-30(2)21(26)15-4-6-16(7-5-15)22(31)28-19-9-3-14(12-25)11-18(19)23(32)29-20-10-8-17(24)13-27-20/h3-11,13,26H,12H2,1-2H3,(H,28,31)(H,27,29,32). The lowest BCUT2D eigenvalue weighted by Crippen LogP contribution is -2.22. The van der Waals surface area contributed by atoms with Crippen molar-refractivity contribution in [2.24, 2.45) is 0 Å².